The first kappa shape index (κ1) is 16.2. The van der Waals surface area contributed by atoms with Crippen molar-refractivity contribution >= 4 is 10.8 Å². The van der Waals surface area contributed by atoms with E-state index in [-0.39, 0.29) is 0 Å². The number of benzene rings is 2. The Morgan fingerprint density at radius 1 is 1.13 bits per heavy atom. The number of fused-ring (bicyclic) bond motifs is 1. The molecule has 0 unspecified atom stereocenters. The molecule has 3 rings (SSSR count). The van der Waals surface area contributed by atoms with Crippen molar-refractivity contribution in [2.24, 2.45) is 0 Å². The maximum atomic E-state index is 5.57. The molecule has 2 aromatic carbocycles. The lowest BCUT2D eigenvalue weighted by Gasteiger charge is -2.23. The standard InChI is InChI=1S/C19H26N2O2/c1-22-19-8-7-16-5-2-3-6-17(16)18(19)15-20-9-4-10-21-11-13-23-14-12-21/h2-3,5-8,20H,4,9-15H2,1H3/p+2. The molecule has 124 valence electrons. The number of hydrogen-bond acceptors (Lipinski definition) is 2. The molecule has 3 N–H and O–H groups in total. The van der Waals surface area contributed by atoms with E-state index >= 15 is 0 Å². The van der Waals surface area contributed by atoms with E-state index in [2.05, 4.69) is 41.7 Å². The summed E-state index contributed by atoms with van der Waals surface area (Å²) in [6.07, 6.45) is 1.25. The number of morpholine rings is 1. The van der Waals surface area contributed by atoms with Gasteiger partial charge in [0.1, 0.15) is 25.4 Å². The van der Waals surface area contributed by atoms with Crippen molar-refractivity contribution in [3.05, 3.63) is 42.0 Å². The fourth-order valence-corrected chi connectivity index (χ4v) is 3.37. The molecule has 0 radical (unpaired) electrons. The van der Waals surface area contributed by atoms with Crippen molar-refractivity contribution in [2.45, 2.75) is 13.0 Å². The first-order valence-corrected chi connectivity index (χ1v) is 8.66. The average molecular weight is 316 g/mol. The third-order valence-electron chi connectivity index (χ3n) is 4.70. The summed E-state index contributed by atoms with van der Waals surface area (Å²) in [5, 5.41) is 5.00. The highest BCUT2D eigenvalue weighted by Gasteiger charge is 2.14. The van der Waals surface area contributed by atoms with Crippen LogP contribution in [-0.2, 0) is 11.3 Å². The van der Waals surface area contributed by atoms with E-state index < -0.39 is 0 Å². The predicted octanol–water partition coefficient (Wildman–Crippen LogP) is 0.217. The minimum absolute atomic E-state index is 0.923. The molecule has 0 aliphatic carbocycles. The maximum Gasteiger partial charge on any atom is 0.128 e. The summed E-state index contributed by atoms with van der Waals surface area (Å²) in [7, 11) is 1.76. The number of methoxy groups -OCH3 is 1. The van der Waals surface area contributed by atoms with Gasteiger partial charge in [-0.3, -0.25) is 0 Å². The van der Waals surface area contributed by atoms with Crippen molar-refractivity contribution in [1.29, 1.82) is 0 Å². The normalized spacial score (nSPS) is 15.9. The fourth-order valence-electron chi connectivity index (χ4n) is 3.37. The van der Waals surface area contributed by atoms with E-state index in [0.29, 0.717) is 0 Å². The molecule has 0 spiro atoms. The van der Waals surface area contributed by atoms with Gasteiger partial charge in [-0.25, -0.2) is 0 Å². The Kier molecular flexibility index (Phi) is 5.86. The molecular formula is C19H28N2O2+2. The first-order chi connectivity index (χ1) is 11.4. The largest absolute Gasteiger partial charge is 0.496 e. The molecule has 4 nitrogen and oxygen atoms in total. The maximum absolute atomic E-state index is 5.57. The number of nitrogens with two attached hydrogens (primary N) is 1. The topological polar surface area (TPSA) is 39.5 Å². The highest BCUT2D eigenvalue weighted by molar-refractivity contribution is 5.87. The van der Waals surface area contributed by atoms with Crippen LogP contribution in [0.4, 0.5) is 0 Å². The number of nitrogens with one attached hydrogen (secondary N) is 1. The Bertz CT molecular complexity index is 624. The lowest BCUT2D eigenvalue weighted by molar-refractivity contribution is -0.909. The van der Waals surface area contributed by atoms with Gasteiger partial charge >= 0.3 is 0 Å². The van der Waals surface area contributed by atoms with Crippen LogP contribution in [0.25, 0.3) is 10.8 Å². The SMILES string of the molecule is COc1ccc2ccccc2c1C[NH2+]CCC[NH+]1CCOCC1. The summed E-state index contributed by atoms with van der Waals surface area (Å²) >= 11 is 0. The van der Waals surface area contributed by atoms with Gasteiger partial charge in [0.2, 0.25) is 0 Å². The summed E-state index contributed by atoms with van der Waals surface area (Å²) in [6.45, 7) is 7.57. The van der Waals surface area contributed by atoms with Gasteiger partial charge in [-0.2, -0.15) is 0 Å². The molecule has 2 aromatic rings. The number of ether oxygens (including phenoxy) is 2. The van der Waals surface area contributed by atoms with Crippen LogP contribution < -0.4 is 15.0 Å². The Labute approximate surface area is 138 Å². The monoisotopic (exact) mass is 316 g/mol. The van der Waals surface area contributed by atoms with E-state index in [9.17, 15) is 0 Å². The summed E-state index contributed by atoms with van der Waals surface area (Å²) in [4.78, 5) is 1.69. The van der Waals surface area contributed by atoms with Crippen molar-refractivity contribution in [2.75, 3.05) is 46.5 Å². The van der Waals surface area contributed by atoms with Crippen LogP contribution in [-0.4, -0.2) is 46.5 Å². The van der Waals surface area contributed by atoms with Crippen LogP contribution in [0.1, 0.15) is 12.0 Å². The molecule has 1 fully saturated rings. The highest BCUT2D eigenvalue weighted by Crippen LogP contribution is 2.26. The molecule has 0 aromatic heterocycles. The third kappa shape index (κ3) is 4.22. The summed E-state index contributed by atoms with van der Waals surface area (Å²) < 4.78 is 11.0. The van der Waals surface area contributed by atoms with Crippen LogP contribution in [0.5, 0.6) is 5.75 Å². The molecule has 1 saturated heterocycles. The van der Waals surface area contributed by atoms with Crippen molar-refractivity contribution in [3.63, 3.8) is 0 Å². The zero-order valence-corrected chi connectivity index (χ0v) is 14.0. The Balaban J connectivity index is 1.54. The second-order valence-corrected chi connectivity index (χ2v) is 6.21. The number of hydrogen-bond donors (Lipinski definition) is 2. The van der Waals surface area contributed by atoms with E-state index in [1.807, 2.05) is 0 Å². The summed E-state index contributed by atoms with van der Waals surface area (Å²) in [5.41, 5.74) is 1.31. The summed E-state index contributed by atoms with van der Waals surface area (Å²) in [5.74, 6) is 0.999. The molecule has 1 aliphatic rings. The zero-order valence-electron chi connectivity index (χ0n) is 14.0. The molecule has 1 aliphatic heterocycles. The lowest BCUT2D eigenvalue weighted by atomic mass is 10.0. The van der Waals surface area contributed by atoms with Gasteiger partial charge in [0.05, 0.1) is 39.0 Å². The smallest absolute Gasteiger partial charge is 0.128 e. The number of rotatable bonds is 7. The fraction of sp³-hybridized carbons (Fsp3) is 0.474. The molecule has 4 heteroatoms. The Hall–Kier alpha value is -1.62. The van der Waals surface area contributed by atoms with Crippen LogP contribution in [0, 0.1) is 0 Å². The zero-order chi connectivity index (χ0) is 15.9. The van der Waals surface area contributed by atoms with Crippen molar-refractivity contribution < 1.29 is 19.7 Å². The van der Waals surface area contributed by atoms with Gasteiger partial charge in [0.15, 0.2) is 0 Å². The molecule has 0 saturated carbocycles. The third-order valence-corrected chi connectivity index (χ3v) is 4.70. The first-order valence-electron chi connectivity index (χ1n) is 8.66. The second-order valence-electron chi connectivity index (χ2n) is 6.21. The minimum atomic E-state index is 0.923. The van der Waals surface area contributed by atoms with Crippen LogP contribution in [0.2, 0.25) is 0 Å². The van der Waals surface area contributed by atoms with Gasteiger partial charge in [0, 0.05) is 6.42 Å². The second kappa shape index (κ2) is 8.29. The van der Waals surface area contributed by atoms with E-state index in [1.165, 1.54) is 29.3 Å². The average Bonchev–Trinajstić information content (AvgIpc) is 2.62. The van der Waals surface area contributed by atoms with Crippen LogP contribution in [0.3, 0.4) is 0 Å². The molecule has 1 heterocycles. The summed E-state index contributed by atoms with van der Waals surface area (Å²) in [6, 6.07) is 12.8. The quantitative estimate of drug-likeness (QED) is 0.717. The Morgan fingerprint density at radius 3 is 2.78 bits per heavy atom. The molecular weight excluding hydrogens is 288 g/mol. The highest BCUT2D eigenvalue weighted by atomic mass is 16.5. The minimum Gasteiger partial charge on any atom is -0.496 e. The predicted molar refractivity (Wildman–Crippen MR) is 92.0 cm³/mol. The van der Waals surface area contributed by atoms with Gasteiger partial charge in [-0.1, -0.05) is 30.3 Å². The van der Waals surface area contributed by atoms with Crippen LogP contribution >= 0.6 is 0 Å². The lowest BCUT2D eigenvalue weighted by Crippen LogP contribution is -3.14. The molecule has 0 atom stereocenters. The van der Waals surface area contributed by atoms with Gasteiger partial charge in [0.25, 0.3) is 0 Å². The molecule has 0 bridgehead atoms. The van der Waals surface area contributed by atoms with Crippen molar-refractivity contribution in [3.8, 4) is 5.75 Å². The van der Waals surface area contributed by atoms with Crippen molar-refractivity contribution in [1.82, 2.24) is 0 Å². The van der Waals surface area contributed by atoms with Gasteiger partial charge < -0.3 is 19.7 Å². The molecule has 0 amide bonds. The van der Waals surface area contributed by atoms with E-state index in [1.54, 1.807) is 12.0 Å². The van der Waals surface area contributed by atoms with E-state index in [4.69, 9.17) is 9.47 Å². The van der Waals surface area contributed by atoms with E-state index in [0.717, 1.165) is 45.1 Å². The molecule has 23 heavy (non-hydrogen) atoms. The van der Waals surface area contributed by atoms with Gasteiger partial charge in [-0.05, 0) is 16.8 Å². The van der Waals surface area contributed by atoms with Gasteiger partial charge in [-0.15, -0.1) is 0 Å². The number of quaternary nitrogens is 2. The van der Waals surface area contributed by atoms with Crippen LogP contribution in [0.15, 0.2) is 36.4 Å². The Morgan fingerprint density at radius 2 is 1.96 bits per heavy atom.